The van der Waals surface area contributed by atoms with Gasteiger partial charge >= 0.3 is 0 Å². The first-order valence-corrected chi connectivity index (χ1v) is 5.88. The van der Waals surface area contributed by atoms with Gasteiger partial charge in [0.2, 0.25) is 0 Å². The van der Waals surface area contributed by atoms with Gasteiger partial charge in [0.1, 0.15) is 0 Å². The number of aliphatic hydroxyl groups is 1. The molecule has 2 heteroatoms. The van der Waals surface area contributed by atoms with Gasteiger partial charge in [0.15, 0.2) is 0 Å². The van der Waals surface area contributed by atoms with Crippen molar-refractivity contribution < 1.29 is 5.11 Å². The molecule has 1 atom stereocenters. The van der Waals surface area contributed by atoms with Gasteiger partial charge in [0, 0.05) is 5.02 Å². The van der Waals surface area contributed by atoms with Crippen LogP contribution in [0.25, 0.3) is 0 Å². The van der Waals surface area contributed by atoms with Crippen LogP contribution >= 0.6 is 11.6 Å². The van der Waals surface area contributed by atoms with Crippen LogP contribution in [0.2, 0.25) is 5.02 Å². The minimum absolute atomic E-state index is 0.420. The molecule has 1 aromatic carbocycles. The third-order valence-corrected chi connectivity index (χ3v) is 3.13. The molecule has 0 aliphatic rings. The molecule has 1 N–H and O–H groups in total. The molecule has 1 nitrogen and oxygen atoms in total. The van der Waals surface area contributed by atoms with Gasteiger partial charge in [-0.1, -0.05) is 37.4 Å². The Morgan fingerprint density at radius 2 is 1.87 bits per heavy atom. The van der Waals surface area contributed by atoms with Gasteiger partial charge in [-0.05, 0) is 43.0 Å². The Labute approximate surface area is 97.1 Å². The lowest BCUT2D eigenvalue weighted by atomic mass is 9.99. The predicted molar refractivity (Wildman–Crippen MR) is 65.4 cm³/mol. The van der Waals surface area contributed by atoms with Crippen molar-refractivity contribution in [2.75, 3.05) is 0 Å². The van der Waals surface area contributed by atoms with Crippen LogP contribution in [0.1, 0.15) is 49.0 Å². The number of halogens is 1. The van der Waals surface area contributed by atoms with Crippen molar-refractivity contribution in [3.8, 4) is 0 Å². The normalized spacial score (nSPS) is 12.9. The van der Waals surface area contributed by atoms with E-state index in [4.69, 9.17) is 11.6 Å². The zero-order valence-corrected chi connectivity index (χ0v) is 10.4. The molecule has 0 bridgehead atoms. The van der Waals surface area contributed by atoms with Crippen molar-refractivity contribution in [1.82, 2.24) is 0 Å². The van der Waals surface area contributed by atoms with E-state index in [1.54, 1.807) is 0 Å². The summed E-state index contributed by atoms with van der Waals surface area (Å²) in [7, 11) is 0. The van der Waals surface area contributed by atoms with E-state index >= 15 is 0 Å². The van der Waals surface area contributed by atoms with Crippen LogP contribution in [-0.4, -0.2) is 5.11 Å². The third-order valence-electron chi connectivity index (χ3n) is 2.80. The molecule has 15 heavy (non-hydrogen) atoms. The molecule has 0 saturated heterocycles. The maximum atomic E-state index is 9.96. The van der Waals surface area contributed by atoms with E-state index in [2.05, 4.69) is 6.92 Å². The maximum absolute atomic E-state index is 9.96. The Bertz CT molecular complexity index is 334. The van der Waals surface area contributed by atoms with Crippen molar-refractivity contribution in [2.45, 2.75) is 46.1 Å². The van der Waals surface area contributed by atoms with E-state index in [0.717, 1.165) is 24.8 Å². The Kier molecular flexibility index (Phi) is 4.62. The molecule has 0 aliphatic heterocycles. The monoisotopic (exact) mass is 226 g/mol. The molecular formula is C13H19ClO. The highest BCUT2D eigenvalue weighted by Crippen LogP contribution is 2.29. The summed E-state index contributed by atoms with van der Waals surface area (Å²) in [4.78, 5) is 0. The smallest absolute Gasteiger partial charge is 0.0804 e. The van der Waals surface area contributed by atoms with Crippen LogP contribution in [0.3, 0.4) is 0 Å². The lowest BCUT2D eigenvalue weighted by molar-refractivity contribution is 0.164. The van der Waals surface area contributed by atoms with Crippen LogP contribution in [-0.2, 0) is 0 Å². The Balaban J connectivity index is 2.88. The summed E-state index contributed by atoms with van der Waals surface area (Å²) in [5.74, 6) is 0. The van der Waals surface area contributed by atoms with Crippen LogP contribution in [0.4, 0.5) is 0 Å². The van der Waals surface area contributed by atoms with Gasteiger partial charge in [0.05, 0.1) is 6.10 Å². The average Bonchev–Trinajstić information content (AvgIpc) is 2.20. The van der Waals surface area contributed by atoms with Crippen LogP contribution < -0.4 is 0 Å². The van der Waals surface area contributed by atoms with Crippen molar-refractivity contribution >= 4 is 11.6 Å². The summed E-state index contributed by atoms with van der Waals surface area (Å²) in [6.07, 6.45) is 2.50. The van der Waals surface area contributed by atoms with Crippen molar-refractivity contribution in [3.05, 3.63) is 33.8 Å². The Morgan fingerprint density at radius 1 is 1.27 bits per heavy atom. The number of aliphatic hydroxyl groups excluding tert-OH is 1. The van der Waals surface area contributed by atoms with E-state index in [-0.39, 0.29) is 0 Å². The first-order chi connectivity index (χ1) is 7.06. The fraction of sp³-hybridized carbons (Fsp3) is 0.538. The highest BCUT2D eigenvalue weighted by Gasteiger charge is 2.12. The first kappa shape index (κ1) is 12.5. The summed E-state index contributed by atoms with van der Waals surface area (Å²) in [5, 5.41) is 10.6. The van der Waals surface area contributed by atoms with E-state index in [0.29, 0.717) is 5.02 Å². The highest BCUT2D eigenvalue weighted by molar-refractivity contribution is 6.31. The number of aryl methyl sites for hydroxylation is 2. The molecule has 1 aromatic rings. The molecule has 0 amide bonds. The summed E-state index contributed by atoms with van der Waals surface area (Å²) in [6.45, 7) is 6.19. The molecular weight excluding hydrogens is 208 g/mol. The van der Waals surface area contributed by atoms with Crippen molar-refractivity contribution in [1.29, 1.82) is 0 Å². The fourth-order valence-corrected chi connectivity index (χ4v) is 1.96. The van der Waals surface area contributed by atoms with Crippen LogP contribution in [0.5, 0.6) is 0 Å². The minimum atomic E-state index is -0.420. The summed E-state index contributed by atoms with van der Waals surface area (Å²) in [6, 6.07) is 3.93. The number of unbranched alkanes of at least 4 members (excludes halogenated alkanes) is 1. The predicted octanol–water partition coefficient (Wildman–Crippen LogP) is 4.18. The zero-order valence-electron chi connectivity index (χ0n) is 9.68. The molecule has 0 spiro atoms. The maximum Gasteiger partial charge on any atom is 0.0804 e. The second kappa shape index (κ2) is 5.53. The van der Waals surface area contributed by atoms with Gasteiger partial charge in [0.25, 0.3) is 0 Å². The molecule has 0 radical (unpaired) electrons. The SMILES string of the molecule is CCCCC(O)c1cc(C)c(C)cc1Cl. The van der Waals surface area contributed by atoms with Gasteiger partial charge in [-0.3, -0.25) is 0 Å². The van der Waals surface area contributed by atoms with Gasteiger partial charge in [-0.25, -0.2) is 0 Å². The topological polar surface area (TPSA) is 20.2 Å². The Hall–Kier alpha value is -0.530. The summed E-state index contributed by atoms with van der Waals surface area (Å²) >= 11 is 6.12. The molecule has 0 aromatic heterocycles. The zero-order chi connectivity index (χ0) is 11.4. The second-order valence-electron chi connectivity index (χ2n) is 4.12. The second-order valence-corrected chi connectivity index (χ2v) is 4.52. The molecule has 0 heterocycles. The van der Waals surface area contributed by atoms with Crippen LogP contribution in [0, 0.1) is 13.8 Å². The number of hydrogen-bond donors (Lipinski definition) is 1. The largest absolute Gasteiger partial charge is 0.388 e. The quantitative estimate of drug-likeness (QED) is 0.817. The van der Waals surface area contributed by atoms with E-state index in [1.807, 2.05) is 26.0 Å². The van der Waals surface area contributed by atoms with Crippen molar-refractivity contribution in [3.63, 3.8) is 0 Å². The summed E-state index contributed by atoms with van der Waals surface area (Å²) in [5.41, 5.74) is 3.23. The number of hydrogen-bond acceptors (Lipinski definition) is 1. The molecule has 0 aliphatic carbocycles. The average molecular weight is 227 g/mol. The molecule has 84 valence electrons. The van der Waals surface area contributed by atoms with Gasteiger partial charge in [-0.2, -0.15) is 0 Å². The lowest BCUT2D eigenvalue weighted by Crippen LogP contribution is -1.99. The standard InChI is InChI=1S/C13H19ClO/c1-4-5-6-13(15)11-7-9(2)10(3)8-12(11)14/h7-8,13,15H,4-6H2,1-3H3. The number of rotatable bonds is 4. The fourth-order valence-electron chi connectivity index (χ4n) is 1.61. The highest BCUT2D eigenvalue weighted by atomic mass is 35.5. The Morgan fingerprint density at radius 3 is 2.47 bits per heavy atom. The van der Waals surface area contributed by atoms with E-state index < -0.39 is 6.10 Å². The van der Waals surface area contributed by atoms with Gasteiger partial charge < -0.3 is 5.11 Å². The minimum Gasteiger partial charge on any atom is -0.388 e. The summed E-state index contributed by atoms with van der Waals surface area (Å²) < 4.78 is 0. The van der Waals surface area contributed by atoms with Crippen LogP contribution in [0.15, 0.2) is 12.1 Å². The van der Waals surface area contributed by atoms with E-state index in [1.165, 1.54) is 11.1 Å². The first-order valence-electron chi connectivity index (χ1n) is 5.51. The van der Waals surface area contributed by atoms with Gasteiger partial charge in [-0.15, -0.1) is 0 Å². The molecule has 0 fully saturated rings. The van der Waals surface area contributed by atoms with E-state index in [9.17, 15) is 5.11 Å². The third kappa shape index (κ3) is 3.22. The molecule has 1 rings (SSSR count). The number of benzene rings is 1. The molecule has 1 unspecified atom stereocenters. The van der Waals surface area contributed by atoms with Crippen molar-refractivity contribution in [2.24, 2.45) is 0 Å². The lowest BCUT2D eigenvalue weighted by Gasteiger charge is -2.14. The molecule has 0 saturated carbocycles.